The third-order valence-corrected chi connectivity index (χ3v) is 1.95. The van der Waals surface area contributed by atoms with Crippen LogP contribution in [0.4, 0.5) is 0 Å². The molecule has 0 bridgehead atoms. The first kappa shape index (κ1) is 11.6. The zero-order valence-electron chi connectivity index (χ0n) is 8.02. The quantitative estimate of drug-likeness (QED) is 0.477. The number of hydrogen-bond acceptors (Lipinski definition) is 2. The molecule has 1 N–H and O–H groups in total. The van der Waals surface area contributed by atoms with Gasteiger partial charge in [0.1, 0.15) is 12.4 Å². The van der Waals surface area contributed by atoms with Crippen molar-refractivity contribution in [3.05, 3.63) is 47.7 Å². The van der Waals surface area contributed by atoms with Gasteiger partial charge in [0.2, 0.25) is 0 Å². The second kappa shape index (κ2) is 6.09. The van der Waals surface area contributed by atoms with Crippen LogP contribution in [0.15, 0.2) is 42.2 Å². The van der Waals surface area contributed by atoms with E-state index in [0.29, 0.717) is 6.61 Å². The van der Waals surface area contributed by atoms with Crippen molar-refractivity contribution >= 4 is 17.6 Å². The number of carboxylic acid groups (broad SMARTS) is 1. The fourth-order valence-corrected chi connectivity index (χ4v) is 1.16. The number of benzene rings is 1. The minimum Gasteiger partial charge on any atom is -0.492 e. The van der Waals surface area contributed by atoms with E-state index in [4.69, 9.17) is 21.4 Å². The Labute approximate surface area is 92.9 Å². The van der Waals surface area contributed by atoms with Crippen LogP contribution >= 0.6 is 11.6 Å². The highest BCUT2D eigenvalue weighted by molar-refractivity contribution is 6.19. The molecule has 1 aromatic rings. The number of alkyl halides is 1. The van der Waals surface area contributed by atoms with Gasteiger partial charge >= 0.3 is 5.97 Å². The molecule has 0 saturated heterocycles. The maximum Gasteiger partial charge on any atom is 0.331 e. The lowest BCUT2D eigenvalue weighted by Gasteiger charge is -2.06. The molecule has 0 heterocycles. The van der Waals surface area contributed by atoms with Crippen molar-refractivity contribution in [1.29, 1.82) is 0 Å². The number of carbonyl (C=O) groups is 1. The Bertz CT molecular complexity index is 346. The highest BCUT2D eigenvalue weighted by Gasteiger charge is 2.00. The van der Waals surface area contributed by atoms with Crippen LogP contribution in [-0.4, -0.2) is 17.0 Å². The normalized spacial score (nSPS) is 11.1. The van der Waals surface area contributed by atoms with Crippen LogP contribution in [0, 0.1) is 0 Å². The number of rotatable bonds is 5. The number of carboxylic acids is 1. The van der Waals surface area contributed by atoms with Gasteiger partial charge in [-0.15, -0.1) is 11.6 Å². The third-order valence-electron chi connectivity index (χ3n) is 1.68. The molecule has 1 aromatic carbocycles. The minimum atomic E-state index is -1.06. The number of aliphatic carboxylic acids is 1. The van der Waals surface area contributed by atoms with E-state index in [-0.39, 0.29) is 11.6 Å². The lowest BCUT2D eigenvalue weighted by atomic mass is 10.2. The molecule has 0 fully saturated rings. The molecule has 0 aliphatic heterocycles. The van der Waals surface area contributed by atoms with E-state index in [1.807, 2.05) is 30.3 Å². The molecule has 15 heavy (non-hydrogen) atoms. The summed E-state index contributed by atoms with van der Waals surface area (Å²) in [5, 5.41) is 8.50. The summed E-state index contributed by atoms with van der Waals surface area (Å²) >= 11 is 5.52. The largest absolute Gasteiger partial charge is 0.492 e. The molecule has 3 nitrogen and oxygen atoms in total. The Morgan fingerprint density at radius 3 is 2.60 bits per heavy atom. The maximum atomic E-state index is 10.4. The summed E-state index contributed by atoms with van der Waals surface area (Å²) in [6.07, 6.45) is 0.968. The average molecular weight is 227 g/mol. The summed E-state index contributed by atoms with van der Waals surface area (Å²) in [4.78, 5) is 10.4. The summed E-state index contributed by atoms with van der Waals surface area (Å²) in [5.41, 5.74) is 0.971. The highest BCUT2D eigenvalue weighted by atomic mass is 35.5. The molecule has 1 rings (SSSR count). The number of halogens is 1. The van der Waals surface area contributed by atoms with E-state index >= 15 is 0 Å². The summed E-state index contributed by atoms with van der Waals surface area (Å²) < 4.78 is 5.24. The van der Waals surface area contributed by atoms with Crippen molar-refractivity contribution in [2.45, 2.75) is 6.61 Å². The number of allylic oxidation sites excluding steroid dienone is 1. The van der Waals surface area contributed by atoms with Crippen molar-refractivity contribution in [1.82, 2.24) is 0 Å². The summed E-state index contributed by atoms with van der Waals surface area (Å²) in [6, 6.07) is 9.47. The second-order valence-electron chi connectivity index (χ2n) is 2.86. The van der Waals surface area contributed by atoms with Crippen molar-refractivity contribution in [3.8, 4) is 0 Å². The first-order valence-corrected chi connectivity index (χ1v) is 4.92. The summed E-state index contributed by atoms with van der Waals surface area (Å²) in [5.74, 6) is -0.745. The van der Waals surface area contributed by atoms with Gasteiger partial charge < -0.3 is 9.84 Å². The van der Waals surface area contributed by atoms with Gasteiger partial charge in [0.25, 0.3) is 0 Å². The molecule has 0 spiro atoms. The first-order valence-electron chi connectivity index (χ1n) is 4.38. The van der Waals surface area contributed by atoms with E-state index in [1.54, 1.807) is 0 Å². The van der Waals surface area contributed by atoms with Gasteiger partial charge in [0.05, 0.1) is 12.0 Å². The molecule has 0 radical (unpaired) electrons. The van der Waals surface area contributed by atoms with Gasteiger partial charge in [-0.05, 0) is 5.56 Å². The fourth-order valence-electron chi connectivity index (χ4n) is 1.01. The van der Waals surface area contributed by atoms with Crippen LogP contribution in [0.25, 0.3) is 0 Å². The van der Waals surface area contributed by atoms with Gasteiger partial charge in [-0.3, -0.25) is 0 Å². The smallest absolute Gasteiger partial charge is 0.331 e. The van der Waals surface area contributed by atoms with Crippen LogP contribution in [0.5, 0.6) is 0 Å². The van der Waals surface area contributed by atoms with Crippen molar-refractivity contribution in [2.75, 3.05) is 5.88 Å². The molecule has 80 valence electrons. The monoisotopic (exact) mass is 226 g/mol. The molecule has 0 unspecified atom stereocenters. The Kier molecular flexibility index (Phi) is 4.71. The average Bonchev–Trinajstić information content (AvgIpc) is 2.25. The van der Waals surface area contributed by atoms with Crippen molar-refractivity contribution in [3.63, 3.8) is 0 Å². The van der Waals surface area contributed by atoms with Gasteiger partial charge in [0, 0.05) is 0 Å². The van der Waals surface area contributed by atoms with Gasteiger partial charge in [-0.25, -0.2) is 4.79 Å². The van der Waals surface area contributed by atoms with E-state index in [0.717, 1.165) is 11.6 Å². The topological polar surface area (TPSA) is 46.5 Å². The van der Waals surface area contributed by atoms with Crippen molar-refractivity contribution in [2.24, 2.45) is 0 Å². The van der Waals surface area contributed by atoms with Gasteiger partial charge in [-0.2, -0.15) is 0 Å². The van der Waals surface area contributed by atoms with E-state index in [1.165, 1.54) is 0 Å². The fraction of sp³-hybridized carbons (Fsp3) is 0.182. The molecule has 0 atom stereocenters. The van der Waals surface area contributed by atoms with Crippen LogP contribution in [0.3, 0.4) is 0 Å². The zero-order valence-corrected chi connectivity index (χ0v) is 8.78. The van der Waals surface area contributed by atoms with Crippen LogP contribution in [0.2, 0.25) is 0 Å². The molecule has 0 aliphatic rings. The molecule has 4 heteroatoms. The predicted molar refractivity (Wildman–Crippen MR) is 57.7 cm³/mol. The Morgan fingerprint density at radius 2 is 2.07 bits per heavy atom. The molecule has 0 aliphatic carbocycles. The van der Waals surface area contributed by atoms with Crippen LogP contribution in [-0.2, 0) is 16.1 Å². The Hall–Kier alpha value is -1.48. The lowest BCUT2D eigenvalue weighted by Crippen LogP contribution is -1.99. The lowest BCUT2D eigenvalue weighted by molar-refractivity contribution is -0.131. The third kappa shape index (κ3) is 4.51. The maximum absolute atomic E-state index is 10.4. The van der Waals surface area contributed by atoms with Gasteiger partial charge in [-0.1, -0.05) is 30.3 Å². The van der Waals surface area contributed by atoms with Crippen LogP contribution < -0.4 is 0 Å². The van der Waals surface area contributed by atoms with E-state index in [2.05, 4.69) is 0 Å². The first-order chi connectivity index (χ1) is 7.22. The molecule has 0 amide bonds. The minimum absolute atomic E-state index is 0.0547. The molecular weight excluding hydrogens is 216 g/mol. The van der Waals surface area contributed by atoms with Crippen LogP contribution in [0.1, 0.15) is 5.56 Å². The SMILES string of the molecule is O=C(O)C=C(CCl)OCc1ccccc1. The highest BCUT2D eigenvalue weighted by Crippen LogP contribution is 2.07. The molecular formula is C11H11ClO3. The van der Waals surface area contributed by atoms with E-state index < -0.39 is 5.97 Å². The molecule has 0 aromatic heterocycles. The summed E-state index contributed by atoms with van der Waals surface area (Å²) in [6.45, 7) is 0.326. The Balaban J connectivity index is 2.52. The standard InChI is InChI=1S/C11H11ClO3/c12-7-10(6-11(13)14)15-8-9-4-2-1-3-5-9/h1-6H,7-8H2,(H,13,14). The van der Waals surface area contributed by atoms with E-state index in [9.17, 15) is 4.79 Å². The number of hydrogen-bond donors (Lipinski definition) is 1. The Morgan fingerprint density at radius 1 is 1.40 bits per heavy atom. The van der Waals surface area contributed by atoms with Crippen molar-refractivity contribution < 1.29 is 14.6 Å². The predicted octanol–water partition coefficient (Wildman–Crippen LogP) is 2.41. The number of ether oxygens (including phenoxy) is 1. The zero-order chi connectivity index (χ0) is 11.1. The van der Waals surface area contributed by atoms with Gasteiger partial charge in [0.15, 0.2) is 0 Å². The second-order valence-corrected chi connectivity index (χ2v) is 3.12. The summed E-state index contributed by atoms with van der Waals surface area (Å²) in [7, 11) is 0. The molecule has 0 saturated carbocycles.